The standard InChI is InChI=1S/C52H33NO2/c1-2-11-37-33-40(23-22-34(37)10-1)39-13-7-12-38(32-39)35-24-28-41(29-25-35)53(48-19-9-18-47-45-15-4-6-21-50(45)55-52(47)48)42-30-26-36(27-31-42)43-16-8-17-46-44-14-3-5-20-49(44)54-51(43)46/h1-33H. The summed E-state index contributed by atoms with van der Waals surface area (Å²) in [6.45, 7) is 0. The van der Waals surface area contributed by atoms with Crippen LogP contribution in [0.2, 0.25) is 0 Å². The number of rotatable bonds is 6. The van der Waals surface area contributed by atoms with Crippen molar-refractivity contribution in [3.8, 4) is 33.4 Å². The lowest BCUT2D eigenvalue weighted by molar-refractivity contribution is 0.669. The van der Waals surface area contributed by atoms with E-state index in [9.17, 15) is 0 Å². The Bertz CT molecular complexity index is 3200. The van der Waals surface area contributed by atoms with Crippen LogP contribution in [-0.4, -0.2) is 0 Å². The summed E-state index contributed by atoms with van der Waals surface area (Å²) in [7, 11) is 0. The zero-order valence-corrected chi connectivity index (χ0v) is 29.8. The van der Waals surface area contributed by atoms with E-state index >= 15 is 0 Å². The van der Waals surface area contributed by atoms with Gasteiger partial charge in [-0.2, -0.15) is 0 Å². The predicted molar refractivity (Wildman–Crippen MR) is 229 cm³/mol. The Kier molecular flexibility index (Phi) is 7.17. The van der Waals surface area contributed by atoms with Crippen molar-refractivity contribution in [3.63, 3.8) is 0 Å². The molecule has 0 aliphatic carbocycles. The molecule has 0 spiro atoms. The molecule has 0 unspecified atom stereocenters. The fourth-order valence-electron chi connectivity index (χ4n) is 8.15. The van der Waals surface area contributed by atoms with E-state index in [-0.39, 0.29) is 0 Å². The van der Waals surface area contributed by atoms with Crippen LogP contribution in [0.1, 0.15) is 0 Å². The Labute approximate surface area is 317 Å². The Morgan fingerprint density at radius 1 is 0.309 bits per heavy atom. The highest BCUT2D eigenvalue weighted by Crippen LogP contribution is 2.44. The van der Waals surface area contributed by atoms with Crippen LogP contribution >= 0.6 is 0 Å². The maximum atomic E-state index is 6.60. The normalized spacial score (nSPS) is 11.6. The second-order valence-corrected chi connectivity index (χ2v) is 14.1. The topological polar surface area (TPSA) is 29.5 Å². The second-order valence-electron chi connectivity index (χ2n) is 14.1. The highest BCUT2D eigenvalue weighted by atomic mass is 16.3. The van der Waals surface area contributed by atoms with Crippen molar-refractivity contribution in [2.24, 2.45) is 0 Å². The van der Waals surface area contributed by atoms with E-state index in [1.165, 1.54) is 27.5 Å². The van der Waals surface area contributed by atoms with Crippen molar-refractivity contribution in [2.45, 2.75) is 0 Å². The summed E-state index contributed by atoms with van der Waals surface area (Å²) in [5.41, 5.74) is 13.5. The summed E-state index contributed by atoms with van der Waals surface area (Å²) in [5, 5.41) is 6.94. The smallest absolute Gasteiger partial charge is 0.159 e. The third kappa shape index (κ3) is 5.28. The first-order valence-corrected chi connectivity index (χ1v) is 18.7. The third-order valence-electron chi connectivity index (χ3n) is 10.9. The molecule has 0 radical (unpaired) electrons. The monoisotopic (exact) mass is 703 g/mol. The maximum absolute atomic E-state index is 6.60. The van der Waals surface area contributed by atoms with Crippen molar-refractivity contribution < 1.29 is 8.83 Å². The van der Waals surface area contributed by atoms with E-state index in [4.69, 9.17) is 8.83 Å². The van der Waals surface area contributed by atoms with E-state index in [2.05, 4.69) is 181 Å². The quantitative estimate of drug-likeness (QED) is 0.173. The molecule has 2 heterocycles. The van der Waals surface area contributed by atoms with E-state index in [1.54, 1.807) is 0 Å². The van der Waals surface area contributed by atoms with E-state index in [1.807, 2.05) is 24.3 Å². The van der Waals surface area contributed by atoms with Crippen LogP contribution in [-0.2, 0) is 0 Å². The van der Waals surface area contributed by atoms with Gasteiger partial charge in [-0.25, -0.2) is 0 Å². The highest BCUT2D eigenvalue weighted by molar-refractivity contribution is 6.11. The van der Waals surface area contributed by atoms with Crippen molar-refractivity contribution >= 4 is 71.7 Å². The summed E-state index contributed by atoms with van der Waals surface area (Å²) in [4.78, 5) is 2.30. The van der Waals surface area contributed by atoms with Crippen LogP contribution in [0.15, 0.2) is 209 Å². The number of hydrogen-bond acceptors (Lipinski definition) is 3. The summed E-state index contributed by atoms with van der Waals surface area (Å²) >= 11 is 0. The molecule has 11 aromatic rings. The molecule has 0 saturated carbocycles. The van der Waals surface area contributed by atoms with Gasteiger partial charge >= 0.3 is 0 Å². The van der Waals surface area contributed by atoms with E-state index < -0.39 is 0 Å². The van der Waals surface area contributed by atoms with Crippen molar-refractivity contribution in [2.75, 3.05) is 4.90 Å². The van der Waals surface area contributed by atoms with Crippen LogP contribution in [0.3, 0.4) is 0 Å². The summed E-state index contributed by atoms with van der Waals surface area (Å²) in [6.07, 6.45) is 0. The number of fused-ring (bicyclic) bond motifs is 7. The van der Waals surface area contributed by atoms with Gasteiger partial charge in [0, 0.05) is 38.5 Å². The van der Waals surface area contributed by atoms with Gasteiger partial charge in [-0.3, -0.25) is 0 Å². The summed E-state index contributed by atoms with van der Waals surface area (Å²) < 4.78 is 13.0. The second kappa shape index (κ2) is 12.6. The molecule has 2 aromatic heterocycles. The van der Waals surface area contributed by atoms with Gasteiger partial charge in [0.1, 0.15) is 16.7 Å². The van der Waals surface area contributed by atoms with Gasteiger partial charge in [-0.1, -0.05) is 146 Å². The van der Waals surface area contributed by atoms with Crippen LogP contribution in [0.25, 0.3) is 88.0 Å². The third-order valence-corrected chi connectivity index (χ3v) is 10.9. The van der Waals surface area contributed by atoms with Gasteiger partial charge in [0.2, 0.25) is 0 Å². The lowest BCUT2D eigenvalue weighted by Crippen LogP contribution is -2.10. The van der Waals surface area contributed by atoms with E-state index in [0.717, 1.165) is 77.6 Å². The fourth-order valence-corrected chi connectivity index (χ4v) is 8.15. The van der Waals surface area contributed by atoms with Gasteiger partial charge in [0.05, 0.1) is 5.69 Å². The van der Waals surface area contributed by atoms with Crippen LogP contribution in [0.5, 0.6) is 0 Å². The molecule has 0 fully saturated rings. The number of anilines is 3. The van der Waals surface area contributed by atoms with Crippen LogP contribution in [0, 0.1) is 0 Å². The molecule has 0 aliphatic heterocycles. The van der Waals surface area contributed by atoms with Gasteiger partial charge in [0.25, 0.3) is 0 Å². The minimum Gasteiger partial charge on any atom is -0.455 e. The van der Waals surface area contributed by atoms with Gasteiger partial charge in [-0.05, 0) is 93.2 Å². The minimum absolute atomic E-state index is 0.854. The molecule has 0 saturated heterocycles. The molecule has 258 valence electrons. The van der Waals surface area contributed by atoms with Gasteiger partial charge < -0.3 is 13.7 Å². The van der Waals surface area contributed by atoms with Crippen LogP contribution in [0.4, 0.5) is 17.1 Å². The average molecular weight is 704 g/mol. The average Bonchev–Trinajstić information content (AvgIpc) is 3.84. The number of nitrogens with zero attached hydrogens (tertiary/aromatic N) is 1. The highest BCUT2D eigenvalue weighted by Gasteiger charge is 2.20. The van der Waals surface area contributed by atoms with Crippen molar-refractivity contribution in [1.82, 2.24) is 0 Å². The number of hydrogen-bond donors (Lipinski definition) is 0. The molecule has 9 aromatic carbocycles. The summed E-state index contributed by atoms with van der Waals surface area (Å²) in [5.74, 6) is 0. The Morgan fingerprint density at radius 3 is 1.55 bits per heavy atom. The SMILES string of the molecule is c1cc(-c2ccc(N(c3ccc(-c4cccc5c4oc4ccccc45)cc3)c3cccc4c3oc3ccccc34)cc2)cc(-c2ccc3ccccc3c2)c1. The van der Waals surface area contributed by atoms with Crippen molar-refractivity contribution in [3.05, 3.63) is 200 Å². The molecular weight excluding hydrogens is 671 g/mol. The molecule has 55 heavy (non-hydrogen) atoms. The zero-order valence-electron chi connectivity index (χ0n) is 29.8. The number of benzene rings is 9. The zero-order chi connectivity index (χ0) is 36.3. The molecule has 0 aliphatic rings. The Hall–Kier alpha value is -7.36. The number of para-hydroxylation sites is 4. The number of furan rings is 2. The molecule has 3 nitrogen and oxygen atoms in total. The maximum Gasteiger partial charge on any atom is 0.159 e. The first-order chi connectivity index (χ1) is 27.2. The lowest BCUT2D eigenvalue weighted by atomic mass is 9.97. The minimum atomic E-state index is 0.854. The molecule has 11 rings (SSSR count). The Morgan fingerprint density at radius 2 is 0.818 bits per heavy atom. The first kappa shape index (κ1) is 31.2. The molecule has 3 heteroatoms. The molecule has 0 N–H and O–H groups in total. The Balaban J connectivity index is 1.01. The van der Waals surface area contributed by atoms with Crippen molar-refractivity contribution in [1.29, 1.82) is 0 Å². The molecule has 0 bridgehead atoms. The molecule has 0 atom stereocenters. The lowest BCUT2D eigenvalue weighted by Gasteiger charge is -2.26. The fraction of sp³-hybridized carbons (Fsp3) is 0. The summed E-state index contributed by atoms with van der Waals surface area (Å²) in [6, 6.07) is 70.9. The van der Waals surface area contributed by atoms with Crippen LogP contribution < -0.4 is 4.90 Å². The first-order valence-electron chi connectivity index (χ1n) is 18.7. The predicted octanol–water partition coefficient (Wildman–Crippen LogP) is 15.1. The van der Waals surface area contributed by atoms with E-state index in [0.29, 0.717) is 0 Å². The molecule has 0 amide bonds. The van der Waals surface area contributed by atoms with Gasteiger partial charge in [-0.15, -0.1) is 0 Å². The largest absolute Gasteiger partial charge is 0.455 e. The van der Waals surface area contributed by atoms with Gasteiger partial charge in [0.15, 0.2) is 5.58 Å². The molecular formula is C52H33NO2.